The molecule has 0 saturated carbocycles. The van der Waals surface area contributed by atoms with Crippen molar-refractivity contribution in [2.45, 2.75) is 58.5 Å². The van der Waals surface area contributed by atoms with E-state index in [1.807, 2.05) is 18.5 Å². The van der Waals surface area contributed by atoms with Gasteiger partial charge in [-0.25, -0.2) is 4.99 Å². The number of rotatable bonds is 9. The monoisotopic (exact) mass is 417 g/mol. The van der Waals surface area contributed by atoms with Gasteiger partial charge in [0.15, 0.2) is 11.8 Å². The number of nitrogens with zero attached hydrogens (tertiary/aromatic N) is 5. The molecule has 0 aromatic carbocycles. The molecule has 1 aliphatic rings. The molecule has 1 saturated heterocycles. The Labute approximate surface area is 178 Å². The molecule has 8 heteroatoms. The highest BCUT2D eigenvalue weighted by atomic mass is 32.1. The Morgan fingerprint density at radius 3 is 2.86 bits per heavy atom. The first-order chi connectivity index (χ1) is 14.1. The molecule has 0 spiro atoms. The average Bonchev–Trinajstić information content (AvgIpc) is 3.35. The molecule has 0 amide bonds. The van der Waals surface area contributed by atoms with Crippen LogP contribution in [0.15, 0.2) is 22.5 Å². The number of thiophene rings is 1. The lowest BCUT2D eigenvalue weighted by molar-refractivity contribution is 0.159. The van der Waals surface area contributed by atoms with Crippen molar-refractivity contribution in [1.82, 2.24) is 30.3 Å². The van der Waals surface area contributed by atoms with E-state index in [-0.39, 0.29) is 0 Å². The minimum Gasteiger partial charge on any atom is -0.356 e. The van der Waals surface area contributed by atoms with E-state index in [4.69, 9.17) is 4.99 Å². The molecule has 1 unspecified atom stereocenters. The van der Waals surface area contributed by atoms with Crippen molar-refractivity contribution >= 4 is 17.3 Å². The number of likely N-dealkylation sites (tertiary alicyclic amines) is 1. The van der Waals surface area contributed by atoms with Gasteiger partial charge in [-0.1, -0.05) is 12.5 Å². The maximum atomic E-state index is 4.75. The summed E-state index contributed by atoms with van der Waals surface area (Å²) in [6.45, 7) is 9.02. The molecule has 1 aliphatic heterocycles. The molecule has 160 valence electrons. The molecule has 0 aliphatic carbocycles. The lowest BCUT2D eigenvalue weighted by atomic mass is 10.0. The first kappa shape index (κ1) is 21.8. The van der Waals surface area contributed by atoms with Crippen LogP contribution in [0.1, 0.15) is 49.1 Å². The molecule has 1 atom stereocenters. The van der Waals surface area contributed by atoms with E-state index in [1.54, 1.807) is 11.3 Å². The predicted octanol–water partition coefficient (Wildman–Crippen LogP) is 2.73. The van der Waals surface area contributed by atoms with Crippen LogP contribution in [0.25, 0.3) is 0 Å². The van der Waals surface area contributed by atoms with Crippen molar-refractivity contribution in [2.75, 3.05) is 26.2 Å². The Morgan fingerprint density at radius 2 is 2.14 bits per heavy atom. The number of guanidine groups is 1. The summed E-state index contributed by atoms with van der Waals surface area (Å²) < 4.78 is 1.99. The summed E-state index contributed by atoms with van der Waals surface area (Å²) in [5.41, 5.74) is 0. The van der Waals surface area contributed by atoms with Gasteiger partial charge in [0, 0.05) is 37.6 Å². The number of nitrogens with one attached hydrogen (secondary N) is 2. The fourth-order valence-electron chi connectivity index (χ4n) is 3.65. The zero-order valence-electron chi connectivity index (χ0n) is 18.0. The number of aliphatic imine (C=N–C) groups is 1. The van der Waals surface area contributed by atoms with Gasteiger partial charge in [-0.05, 0) is 57.5 Å². The third kappa shape index (κ3) is 6.82. The van der Waals surface area contributed by atoms with E-state index < -0.39 is 0 Å². The Kier molecular flexibility index (Phi) is 8.49. The van der Waals surface area contributed by atoms with Crippen LogP contribution in [-0.2, 0) is 20.0 Å². The number of aryl methyl sites for hydroxylation is 1. The molecular formula is C21H35N7S. The average molecular weight is 418 g/mol. The van der Waals surface area contributed by atoms with E-state index in [9.17, 15) is 0 Å². The standard InChI is InChI=1S/C21H35N7S/c1-17-8-4-5-13-28(17)14-7-11-22-21(23-12-10-19-9-6-15-29-19)24-16-20-26-25-18(2)27(20)3/h6,9,15,17H,4-5,7-8,10-14,16H2,1-3H3,(H2,22,23,24). The van der Waals surface area contributed by atoms with Gasteiger partial charge in [-0.3, -0.25) is 0 Å². The summed E-state index contributed by atoms with van der Waals surface area (Å²) in [4.78, 5) is 8.76. The maximum Gasteiger partial charge on any atom is 0.191 e. The minimum atomic E-state index is 0.523. The molecule has 29 heavy (non-hydrogen) atoms. The summed E-state index contributed by atoms with van der Waals surface area (Å²) in [6, 6.07) is 5.00. The highest BCUT2D eigenvalue weighted by Gasteiger charge is 2.17. The zero-order valence-corrected chi connectivity index (χ0v) is 18.8. The second-order valence-electron chi connectivity index (χ2n) is 7.80. The number of hydrogen-bond acceptors (Lipinski definition) is 5. The fourth-order valence-corrected chi connectivity index (χ4v) is 4.36. The molecule has 1 fully saturated rings. The Morgan fingerprint density at radius 1 is 1.28 bits per heavy atom. The molecule has 3 rings (SSSR count). The molecule has 7 nitrogen and oxygen atoms in total. The van der Waals surface area contributed by atoms with Gasteiger partial charge in [-0.15, -0.1) is 21.5 Å². The third-order valence-corrected chi connectivity index (χ3v) is 6.60. The van der Waals surface area contributed by atoms with Crippen molar-refractivity contribution in [3.05, 3.63) is 34.0 Å². The van der Waals surface area contributed by atoms with Crippen LogP contribution < -0.4 is 10.6 Å². The van der Waals surface area contributed by atoms with Crippen molar-refractivity contribution in [2.24, 2.45) is 12.0 Å². The highest BCUT2D eigenvalue weighted by Crippen LogP contribution is 2.16. The number of aromatic nitrogens is 3. The largest absolute Gasteiger partial charge is 0.356 e. The third-order valence-electron chi connectivity index (χ3n) is 5.66. The van der Waals surface area contributed by atoms with Crippen LogP contribution in [0.4, 0.5) is 0 Å². The minimum absolute atomic E-state index is 0.523. The molecule has 3 heterocycles. The van der Waals surface area contributed by atoms with Gasteiger partial charge in [0.1, 0.15) is 12.4 Å². The quantitative estimate of drug-likeness (QED) is 0.373. The van der Waals surface area contributed by atoms with Crippen LogP contribution in [0.5, 0.6) is 0 Å². The van der Waals surface area contributed by atoms with Crippen LogP contribution in [0, 0.1) is 6.92 Å². The van der Waals surface area contributed by atoms with Gasteiger partial charge in [0.2, 0.25) is 0 Å². The Hall–Kier alpha value is -1.93. The lowest BCUT2D eigenvalue weighted by Gasteiger charge is -2.33. The van der Waals surface area contributed by atoms with Crippen LogP contribution in [0.2, 0.25) is 0 Å². The van der Waals surface area contributed by atoms with Crippen molar-refractivity contribution < 1.29 is 0 Å². The molecule has 0 radical (unpaired) electrons. The summed E-state index contributed by atoms with van der Waals surface area (Å²) in [5, 5.41) is 17.5. The van der Waals surface area contributed by atoms with E-state index in [0.29, 0.717) is 6.54 Å². The molecule has 2 N–H and O–H groups in total. The van der Waals surface area contributed by atoms with Crippen LogP contribution >= 0.6 is 11.3 Å². The fraction of sp³-hybridized carbons (Fsp3) is 0.667. The van der Waals surface area contributed by atoms with E-state index >= 15 is 0 Å². The number of hydrogen-bond donors (Lipinski definition) is 2. The first-order valence-electron chi connectivity index (χ1n) is 10.8. The lowest BCUT2D eigenvalue weighted by Crippen LogP contribution is -2.41. The highest BCUT2D eigenvalue weighted by molar-refractivity contribution is 7.09. The number of piperidine rings is 1. The van der Waals surface area contributed by atoms with E-state index in [2.05, 4.69) is 50.2 Å². The summed E-state index contributed by atoms with van der Waals surface area (Å²) in [7, 11) is 1.98. The van der Waals surface area contributed by atoms with Crippen molar-refractivity contribution in [1.29, 1.82) is 0 Å². The van der Waals surface area contributed by atoms with Crippen molar-refractivity contribution in [3.63, 3.8) is 0 Å². The Balaban J connectivity index is 1.48. The van der Waals surface area contributed by atoms with Crippen LogP contribution in [0.3, 0.4) is 0 Å². The van der Waals surface area contributed by atoms with E-state index in [1.165, 1.54) is 30.7 Å². The summed E-state index contributed by atoms with van der Waals surface area (Å²) in [6.07, 6.45) is 6.18. The normalized spacial score (nSPS) is 18.2. The van der Waals surface area contributed by atoms with Gasteiger partial charge in [0.05, 0.1) is 0 Å². The second-order valence-corrected chi connectivity index (χ2v) is 8.84. The van der Waals surface area contributed by atoms with Gasteiger partial charge in [0.25, 0.3) is 0 Å². The maximum absolute atomic E-state index is 4.75. The van der Waals surface area contributed by atoms with Crippen molar-refractivity contribution in [3.8, 4) is 0 Å². The SMILES string of the molecule is Cc1nnc(CN=C(NCCCN2CCCCC2C)NCCc2cccs2)n1C. The first-order valence-corrected chi connectivity index (χ1v) is 11.6. The predicted molar refractivity (Wildman–Crippen MR) is 120 cm³/mol. The smallest absolute Gasteiger partial charge is 0.191 e. The van der Waals surface area contributed by atoms with Gasteiger partial charge < -0.3 is 20.1 Å². The molecule has 2 aromatic heterocycles. The molecule has 2 aromatic rings. The Bertz CT molecular complexity index is 753. The van der Waals surface area contributed by atoms with Gasteiger partial charge in [-0.2, -0.15) is 0 Å². The second kappa shape index (κ2) is 11.3. The molecular weight excluding hydrogens is 382 g/mol. The van der Waals surface area contributed by atoms with Gasteiger partial charge >= 0.3 is 0 Å². The van der Waals surface area contributed by atoms with E-state index in [0.717, 1.165) is 56.1 Å². The summed E-state index contributed by atoms with van der Waals surface area (Å²) in [5.74, 6) is 2.64. The summed E-state index contributed by atoms with van der Waals surface area (Å²) >= 11 is 1.80. The zero-order chi connectivity index (χ0) is 20.5. The molecule has 0 bridgehead atoms. The topological polar surface area (TPSA) is 70.4 Å². The van der Waals surface area contributed by atoms with Crippen LogP contribution in [-0.4, -0.2) is 57.8 Å².